The molecule has 1 atom stereocenters. The van der Waals surface area contributed by atoms with Gasteiger partial charge in [-0.1, -0.05) is 24.3 Å². The van der Waals surface area contributed by atoms with Gasteiger partial charge in [0.05, 0.1) is 19.1 Å². The van der Waals surface area contributed by atoms with Gasteiger partial charge in [0, 0.05) is 24.7 Å². The molecule has 3 rings (SSSR count). The van der Waals surface area contributed by atoms with Crippen LogP contribution in [0.5, 0.6) is 11.5 Å². The lowest BCUT2D eigenvalue weighted by Crippen LogP contribution is -2.45. The van der Waals surface area contributed by atoms with Gasteiger partial charge in [0.1, 0.15) is 17.5 Å². The number of carbonyl (C=O) groups is 1. The number of nitrogens with one attached hydrogen (secondary N) is 1. The summed E-state index contributed by atoms with van der Waals surface area (Å²) in [7, 11) is -0.761. The number of methoxy groups -OCH3 is 2. The third-order valence-electron chi connectivity index (χ3n) is 5.13. The molecule has 29 heavy (non-hydrogen) atoms. The second kappa shape index (κ2) is 8.84. The Morgan fingerprint density at radius 2 is 1.93 bits per heavy atom. The van der Waals surface area contributed by atoms with Crippen molar-refractivity contribution in [2.45, 2.75) is 37.2 Å². The zero-order valence-corrected chi connectivity index (χ0v) is 17.7. The molecule has 1 heterocycles. The molecule has 1 amide bonds. The van der Waals surface area contributed by atoms with Gasteiger partial charge < -0.3 is 14.8 Å². The predicted octanol–water partition coefficient (Wildman–Crippen LogP) is 2.48. The fourth-order valence-electron chi connectivity index (χ4n) is 3.55. The number of benzene rings is 2. The molecule has 1 N–H and O–H groups in total. The van der Waals surface area contributed by atoms with E-state index in [0.717, 1.165) is 5.56 Å². The molecule has 0 spiro atoms. The third kappa shape index (κ3) is 4.38. The normalized spacial score (nSPS) is 17.1. The summed E-state index contributed by atoms with van der Waals surface area (Å²) in [6, 6.07) is 11.6. The number of carbonyl (C=O) groups excluding carboxylic acids is 1. The molecule has 7 nitrogen and oxygen atoms in total. The first kappa shape index (κ1) is 21.1. The minimum absolute atomic E-state index is 0.168. The van der Waals surface area contributed by atoms with Crippen molar-refractivity contribution in [3.63, 3.8) is 0 Å². The van der Waals surface area contributed by atoms with E-state index in [-0.39, 0.29) is 17.3 Å². The van der Waals surface area contributed by atoms with E-state index in [1.807, 2.05) is 24.3 Å². The highest BCUT2D eigenvalue weighted by Crippen LogP contribution is 2.30. The summed E-state index contributed by atoms with van der Waals surface area (Å²) in [5.41, 5.74) is 1.45. The zero-order valence-electron chi connectivity index (χ0n) is 16.8. The van der Waals surface area contributed by atoms with Crippen LogP contribution in [0.2, 0.25) is 0 Å². The lowest BCUT2D eigenvalue weighted by atomic mass is 10.2. The van der Waals surface area contributed by atoms with Crippen LogP contribution in [0.1, 0.15) is 24.0 Å². The topological polar surface area (TPSA) is 84.9 Å². The molecule has 0 saturated carbocycles. The quantitative estimate of drug-likeness (QED) is 0.747. The molecule has 2 aromatic rings. The first-order valence-electron chi connectivity index (χ1n) is 9.44. The van der Waals surface area contributed by atoms with Crippen LogP contribution in [0.3, 0.4) is 0 Å². The molecule has 156 valence electrons. The maximum Gasteiger partial charge on any atom is 0.244 e. The molecule has 0 bridgehead atoms. The van der Waals surface area contributed by atoms with Crippen LogP contribution < -0.4 is 14.8 Å². The van der Waals surface area contributed by atoms with Crippen molar-refractivity contribution >= 4 is 15.9 Å². The molecule has 1 fully saturated rings. The third-order valence-corrected chi connectivity index (χ3v) is 7.18. The van der Waals surface area contributed by atoms with Crippen LogP contribution in [-0.2, 0) is 21.4 Å². The van der Waals surface area contributed by atoms with Gasteiger partial charge in [0.15, 0.2) is 0 Å². The maximum atomic E-state index is 13.3. The molecule has 1 saturated heterocycles. The molecule has 0 aromatic heterocycles. The lowest BCUT2D eigenvalue weighted by Gasteiger charge is -2.24. The number of aryl methyl sites for hydroxylation is 1. The van der Waals surface area contributed by atoms with Crippen molar-refractivity contribution in [1.82, 2.24) is 9.62 Å². The smallest absolute Gasteiger partial charge is 0.244 e. The molecule has 1 aliphatic heterocycles. The van der Waals surface area contributed by atoms with Crippen molar-refractivity contribution in [3.8, 4) is 11.5 Å². The lowest BCUT2D eigenvalue weighted by molar-refractivity contribution is -0.124. The highest BCUT2D eigenvalue weighted by atomic mass is 32.2. The molecular formula is C21H26N2O5S. The van der Waals surface area contributed by atoms with Crippen LogP contribution >= 0.6 is 0 Å². The maximum absolute atomic E-state index is 13.3. The number of hydrogen-bond donors (Lipinski definition) is 1. The number of nitrogens with zero attached hydrogens (tertiary/aromatic N) is 1. The molecule has 0 radical (unpaired) electrons. The average Bonchev–Trinajstić information content (AvgIpc) is 3.23. The predicted molar refractivity (Wildman–Crippen MR) is 109 cm³/mol. The fourth-order valence-corrected chi connectivity index (χ4v) is 5.45. The minimum Gasteiger partial charge on any atom is -0.497 e. The Kier molecular flexibility index (Phi) is 6.44. The van der Waals surface area contributed by atoms with Crippen LogP contribution in [0.4, 0.5) is 0 Å². The Hall–Kier alpha value is -2.58. The second-order valence-corrected chi connectivity index (χ2v) is 8.79. The summed E-state index contributed by atoms with van der Waals surface area (Å²) in [5, 5.41) is 2.86. The number of para-hydroxylation sites is 1. The van der Waals surface area contributed by atoms with Gasteiger partial charge in [0.25, 0.3) is 0 Å². The summed E-state index contributed by atoms with van der Waals surface area (Å²) in [5.74, 6) is 0.832. The number of amides is 1. The molecule has 1 unspecified atom stereocenters. The van der Waals surface area contributed by atoms with E-state index in [4.69, 9.17) is 9.47 Å². The fraction of sp³-hybridized carbons (Fsp3) is 0.381. The molecule has 8 heteroatoms. The van der Waals surface area contributed by atoms with Crippen molar-refractivity contribution in [3.05, 3.63) is 53.6 Å². The largest absolute Gasteiger partial charge is 0.497 e. The monoisotopic (exact) mass is 418 g/mol. The molecular weight excluding hydrogens is 392 g/mol. The Morgan fingerprint density at radius 1 is 1.17 bits per heavy atom. The van der Waals surface area contributed by atoms with Crippen LogP contribution in [0, 0.1) is 6.92 Å². The van der Waals surface area contributed by atoms with E-state index in [1.54, 1.807) is 26.2 Å². The number of hydrogen-bond acceptors (Lipinski definition) is 5. The Labute approximate surface area is 171 Å². The van der Waals surface area contributed by atoms with E-state index < -0.39 is 16.1 Å². The summed E-state index contributed by atoms with van der Waals surface area (Å²) in [6.45, 7) is 2.32. The number of sulfonamides is 1. The highest BCUT2D eigenvalue weighted by molar-refractivity contribution is 7.89. The molecule has 0 aliphatic carbocycles. The van der Waals surface area contributed by atoms with E-state index in [1.165, 1.54) is 17.5 Å². The summed E-state index contributed by atoms with van der Waals surface area (Å²) in [6.07, 6.45) is 1.12. The van der Waals surface area contributed by atoms with Crippen LogP contribution in [0.15, 0.2) is 47.4 Å². The number of rotatable bonds is 7. The van der Waals surface area contributed by atoms with Crippen LogP contribution in [-0.4, -0.2) is 45.4 Å². The van der Waals surface area contributed by atoms with E-state index in [9.17, 15) is 13.2 Å². The zero-order chi connectivity index (χ0) is 21.0. The summed E-state index contributed by atoms with van der Waals surface area (Å²) in [4.78, 5) is 13.0. The van der Waals surface area contributed by atoms with Gasteiger partial charge in [-0.05, 0) is 37.5 Å². The van der Waals surface area contributed by atoms with Crippen molar-refractivity contribution in [1.29, 1.82) is 0 Å². The molecule has 2 aromatic carbocycles. The van der Waals surface area contributed by atoms with Gasteiger partial charge in [0.2, 0.25) is 15.9 Å². The Bertz CT molecular complexity index is 990. The second-order valence-electron chi connectivity index (χ2n) is 6.93. The number of ether oxygens (including phenoxy) is 2. The van der Waals surface area contributed by atoms with Gasteiger partial charge in [-0.25, -0.2) is 8.42 Å². The van der Waals surface area contributed by atoms with E-state index >= 15 is 0 Å². The molecule has 1 aliphatic rings. The van der Waals surface area contributed by atoms with Crippen molar-refractivity contribution < 1.29 is 22.7 Å². The summed E-state index contributed by atoms with van der Waals surface area (Å²) < 4.78 is 38.3. The first-order valence-corrected chi connectivity index (χ1v) is 10.9. The van der Waals surface area contributed by atoms with Gasteiger partial charge in [-0.15, -0.1) is 0 Å². The van der Waals surface area contributed by atoms with E-state index in [0.29, 0.717) is 36.4 Å². The summed E-state index contributed by atoms with van der Waals surface area (Å²) >= 11 is 0. The van der Waals surface area contributed by atoms with Crippen molar-refractivity contribution in [2.24, 2.45) is 0 Å². The highest BCUT2D eigenvalue weighted by Gasteiger charge is 2.40. The Balaban J connectivity index is 1.79. The first-order chi connectivity index (χ1) is 13.9. The SMILES string of the molecule is COc1ccc(C)c(S(=O)(=O)N2CCCC2C(=O)NCc2ccccc2OC)c1. The van der Waals surface area contributed by atoms with Gasteiger partial charge in [-0.2, -0.15) is 4.31 Å². The van der Waals surface area contributed by atoms with Crippen LogP contribution in [0.25, 0.3) is 0 Å². The van der Waals surface area contributed by atoms with E-state index in [2.05, 4.69) is 5.32 Å². The Morgan fingerprint density at radius 3 is 2.66 bits per heavy atom. The minimum atomic E-state index is -3.82. The standard InChI is InChI=1S/C21H26N2O5S/c1-15-10-11-17(27-2)13-20(15)29(25,26)23-12-6-8-18(23)21(24)22-14-16-7-4-5-9-19(16)28-3/h4-5,7,9-11,13,18H,6,8,12,14H2,1-3H3,(H,22,24). The van der Waals surface area contributed by atoms with Gasteiger partial charge in [-0.3, -0.25) is 4.79 Å². The average molecular weight is 419 g/mol. The van der Waals surface area contributed by atoms with Gasteiger partial charge >= 0.3 is 0 Å². The van der Waals surface area contributed by atoms with Crippen molar-refractivity contribution in [2.75, 3.05) is 20.8 Å².